The maximum absolute atomic E-state index is 6.24. The largest absolute Gasteiger partial charge is 0.492 e. The number of nitrogens with two attached hydrogens (primary N) is 1. The highest BCUT2D eigenvalue weighted by molar-refractivity contribution is 6.32. The van der Waals surface area contributed by atoms with Crippen molar-refractivity contribution in [2.45, 2.75) is 39.3 Å². The molecule has 0 radical (unpaired) electrons. The molecule has 0 aromatic heterocycles. The van der Waals surface area contributed by atoms with E-state index in [1.807, 2.05) is 19.1 Å². The molecule has 2 atom stereocenters. The fourth-order valence-electron chi connectivity index (χ4n) is 2.89. The van der Waals surface area contributed by atoms with Gasteiger partial charge >= 0.3 is 0 Å². The molecule has 2 unspecified atom stereocenters. The SMILES string of the molecule is CCOc1c(Cl)cccc1CN1CCCC(C(C)N)C1.Cl. The van der Waals surface area contributed by atoms with Gasteiger partial charge in [-0.05, 0) is 45.2 Å². The summed E-state index contributed by atoms with van der Waals surface area (Å²) in [5.74, 6) is 1.43. The first-order chi connectivity index (χ1) is 9.61. The van der Waals surface area contributed by atoms with Gasteiger partial charge in [-0.15, -0.1) is 12.4 Å². The van der Waals surface area contributed by atoms with Crippen molar-refractivity contribution in [2.75, 3.05) is 19.7 Å². The number of hydrogen-bond donors (Lipinski definition) is 1. The van der Waals surface area contributed by atoms with Crippen molar-refractivity contribution in [1.82, 2.24) is 4.90 Å². The molecule has 1 fully saturated rings. The van der Waals surface area contributed by atoms with Gasteiger partial charge in [0, 0.05) is 24.7 Å². The second kappa shape index (κ2) is 8.84. The van der Waals surface area contributed by atoms with Crippen LogP contribution in [0.3, 0.4) is 0 Å². The third-order valence-electron chi connectivity index (χ3n) is 4.02. The summed E-state index contributed by atoms with van der Waals surface area (Å²) in [5, 5.41) is 0.699. The Hall–Kier alpha value is -0.480. The zero-order chi connectivity index (χ0) is 14.5. The topological polar surface area (TPSA) is 38.5 Å². The molecule has 0 amide bonds. The Balaban J connectivity index is 0.00000220. The Labute approximate surface area is 139 Å². The predicted molar refractivity (Wildman–Crippen MR) is 91.5 cm³/mol. The fourth-order valence-corrected chi connectivity index (χ4v) is 3.14. The molecule has 2 N–H and O–H groups in total. The Morgan fingerprint density at radius 2 is 2.24 bits per heavy atom. The number of para-hydroxylation sites is 1. The summed E-state index contributed by atoms with van der Waals surface area (Å²) in [6.07, 6.45) is 2.46. The molecule has 120 valence electrons. The summed E-state index contributed by atoms with van der Waals surface area (Å²) in [6, 6.07) is 6.25. The molecule has 1 aliphatic rings. The van der Waals surface area contributed by atoms with Gasteiger partial charge < -0.3 is 10.5 Å². The van der Waals surface area contributed by atoms with Crippen LogP contribution in [0.2, 0.25) is 5.02 Å². The third kappa shape index (κ3) is 5.03. The Kier molecular flexibility index (Phi) is 7.82. The molecular weight excluding hydrogens is 307 g/mol. The summed E-state index contributed by atoms with van der Waals surface area (Å²) in [6.45, 7) is 7.81. The molecule has 3 nitrogen and oxygen atoms in total. The van der Waals surface area contributed by atoms with Gasteiger partial charge in [0.05, 0.1) is 11.6 Å². The molecule has 0 spiro atoms. The number of likely N-dealkylation sites (tertiary alicyclic amines) is 1. The molecule has 0 aliphatic carbocycles. The van der Waals surface area contributed by atoms with E-state index >= 15 is 0 Å². The van der Waals surface area contributed by atoms with E-state index in [9.17, 15) is 0 Å². The van der Waals surface area contributed by atoms with E-state index < -0.39 is 0 Å². The molecule has 21 heavy (non-hydrogen) atoms. The second-order valence-corrected chi connectivity index (χ2v) is 6.06. The Morgan fingerprint density at radius 1 is 1.48 bits per heavy atom. The minimum atomic E-state index is 0. The highest BCUT2D eigenvalue weighted by atomic mass is 35.5. The van der Waals surface area contributed by atoms with Crippen LogP contribution in [0, 0.1) is 5.92 Å². The lowest BCUT2D eigenvalue weighted by molar-refractivity contribution is 0.152. The van der Waals surface area contributed by atoms with Gasteiger partial charge in [0.1, 0.15) is 5.75 Å². The van der Waals surface area contributed by atoms with Gasteiger partial charge in [0.25, 0.3) is 0 Å². The number of hydrogen-bond acceptors (Lipinski definition) is 3. The third-order valence-corrected chi connectivity index (χ3v) is 4.31. The normalized spacial score (nSPS) is 20.7. The van der Waals surface area contributed by atoms with E-state index in [-0.39, 0.29) is 18.4 Å². The lowest BCUT2D eigenvalue weighted by Gasteiger charge is -2.34. The van der Waals surface area contributed by atoms with Crippen molar-refractivity contribution in [1.29, 1.82) is 0 Å². The molecule has 1 saturated heterocycles. The van der Waals surface area contributed by atoms with Crippen LogP contribution in [-0.2, 0) is 6.54 Å². The predicted octanol–water partition coefficient (Wildman–Crippen LogP) is 3.72. The Bertz CT molecular complexity index is 440. The lowest BCUT2D eigenvalue weighted by Crippen LogP contribution is -2.41. The van der Waals surface area contributed by atoms with Crippen molar-refractivity contribution in [3.05, 3.63) is 28.8 Å². The quantitative estimate of drug-likeness (QED) is 0.892. The van der Waals surface area contributed by atoms with Gasteiger partial charge in [-0.25, -0.2) is 0 Å². The van der Waals surface area contributed by atoms with Crippen LogP contribution < -0.4 is 10.5 Å². The summed E-state index contributed by atoms with van der Waals surface area (Å²) in [4.78, 5) is 2.46. The van der Waals surface area contributed by atoms with E-state index in [0.29, 0.717) is 17.5 Å². The molecule has 1 aromatic carbocycles. The molecule has 5 heteroatoms. The minimum absolute atomic E-state index is 0. The van der Waals surface area contributed by atoms with Gasteiger partial charge in [0.15, 0.2) is 0 Å². The van der Waals surface area contributed by atoms with Crippen molar-refractivity contribution in [3.63, 3.8) is 0 Å². The van der Waals surface area contributed by atoms with E-state index in [1.54, 1.807) is 0 Å². The van der Waals surface area contributed by atoms with Crippen molar-refractivity contribution in [2.24, 2.45) is 11.7 Å². The number of nitrogens with zero attached hydrogens (tertiary/aromatic N) is 1. The van der Waals surface area contributed by atoms with Crippen LogP contribution in [-0.4, -0.2) is 30.6 Å². The highest BCUT2D eigenvalue weighted by Crippen LogP contribution is 2.31. The first-order valence-corrected chi connectivity index (χ1v) is 7.87. The van der Waals surface area contributed by atoms with E-state index in [1.165, 1.54) is 18.4 Å². The summed E-state index contributed by atoms with van der Waals surface area (Å²) < 4.78 is 5.70. The van der Waals surface area contributed by atoms with Crippen molar-refractivity contribution in [3.8, 4) is 5.75 Å². The van der Waals surface area contributed by atoms with Gasteiger partial charge in [-0.1, -0.05) is 23.7 Å². The standard InChI is InChI=1S/C16H25ClN2O.ClH/c1-3-20-16-14(6-4-8-15(16)17)11-19-9-5-7-13(10-19)12(2)18;/h4,6,8,12-13H,3,5,7,9-11,18H2,1-2H3;1H. The van der Waals surface area contributed by atoms with Gasteiger partial charge in [-0.2, -0.15) is 0 Å². The molecule has 2 rings (SSSR count). The maximum Gasteiger partial charge on any atom is 0.142 e. The zero-order valence-electron chi connectivity index (χ0n) is 12.8. The summed E-state index contributed by atoms with van der Waals surface area (Å²) >= 11 is 6.24. The monoisotopic (exact) mass is 332 g/mol. The first kappa shape index (κ1) is 18.6. The average Bonchev–Trinajstić information content (AvgIpc) is 2.43. The van der Waals surface area contributed by atoms with Crippen LogP contribution in [0.1, 0.15) is 32.3 Å². The fraction of sp³-hybridized carbons (Fsp3) is 0.625. The number of ether oxygens (including phenoxy) is 1. The summed E-state index contributed by atoms with van der Waals surface area (Å²) in [7, 11) is 0. The number of rotatable bonds is 5. The van der Waals surface area contributed by atoms with Crippen LogP contribution in [0.15, 0.2) is 18.2 Å². The number of benzene rings is 1. The van der Waals surface area contributed by atoms with Crippen LogP contribution in [0.5, 0.6) is 5.75 Å². The number of piperidine rings is 1. The van der Waals surface area contributed by atoms with Crippen molar-refractivity contribution < 1.29 is 4.74 Å². The van der Waals surface area contributed by atoms with Crippen LogP contribution in [0.25, 0.3) is 0 Å². The summed E-state index contributed by atoms with van der Waals surface area (Å²) in [5.41, 5.74) is 7.22. The van der Waals surface area contributed by atoms with Gasteiger partial charge in [-0.3, -0.25) is 4.90 Å². The zero-order valence-corrected chi connectivity index (χ0v) is 14.4. The second-order valence-electron chi connectivity index (χ2n) is 5.66. The molecule has 0 bridgehead atoms. The highest BCUT2D eigenvalue weighted by Gasteiger charge is 2.23. The molecule has 1 heterocycles. The van der Waals surface area contributed by atoms with Crippen molar-refractivity contribution >= 4 is 24.0 Å². The van der Waals surface area contributed by atoms with E-state index in [4.69, 9.17) is 22.1 Å². The lowest BCUT2D eigenvalue weighted by atomic mass is 9.92. The number of halogens is 2. The maximum atomic E-state index is 6.24. The minimum Gasteiger partial charge on any atom is -0.492 e. The van der Waals surface area contributed by atoms with Crippen LogP contribution >= 0.6 is 24.0 Å². The van der Waals surface area contributed by atoms with E-state index in [2.05, 4.69) is 17.9 Å². The van der Waals surface area contributed by atoms with E-state index in [0.717, 1.165) is 25.4 Å². The van der Waals surface area contributed by atoms with Crippen LogP contribution in [0.4, 0.5) is 0 Å². The smallest absolute Gasteiger partial charge is 0.142 e. The first-order valence-electron chi connectivity index (χ1n) is 7.50. The molecule has 1 aliphatic heterocycles. The molecule has 1 aromatic rings. The Morgan fingerprint density at radius 3 is 2.90 bits per heavy atom. The molecule has 0 saturated carbocycles. The van der Waals surface area contributed by atoms with Gasteiger partial charge in [0.2, 0.25) is 0 Å². The molecular formula is C16H26Cl2N2O. The average molecular weight is 333 g/mol.